The number of H-pyrrole nitrogens is 1. The van der Waals surface area contributed by atoms with Crippen LogP contribution >= 0.6 is 34.5 Å². The lowest BCUT2D eigenvalue weighted by molar-refractivity contribution is 0.0540. The minimum atomic E-state index is -0.411. The van der Waals surface area contributed by atoms with E-state index in [0.717, 1.165) is 0 Å². The zero-order chi connectivity index (χ0) is 20.4. The molecule has 11 heteroatoms. The van der Waals surface area contributed by atoms with Crippen molar-refractivity contribution < 1.29 is 19.1 Å². The molecule has 0 saturated carbocycles. The maximum Gasteiger partial charge on any atom is 0.349 e. The molecule has 1 aliphatic rings. The maximum absolute atomic E-state index is 12.6. The number of aryl methyl sites for hydroxylation is 1. The van der Waals surface area contributed by atoms with Gasteiger partial charge in [0.05, 0.1) is 35.5 Å². The number of hydrogen-bond acceptors (Lipinski definition) is 7. The van der Waals surface area contributed by atoms with Gasteiger partial charge in [-0.2, -0.15) is 0 Å². The molecule has 0 aromatic carbocycles. The number of thiazole rings is 1. The lowest BCUT2D eigenvalue weighted by Gasteiger charge is -2.37. The van der Waals surface area contributed by atoms with Gasteiger partial charge in [0.25, 0.3) is 5.91 Å². The zero-order valence-corrected chi connectivity index (χ0v) is 17.9. The standard InChI is InChI=1S/C17H20Cl2N4O4S/c1-8-12(18)13(19)14(21-8)15(24)22-9-4-5-23(7-10(9)26-2)17-20-6-11(28-17)16(25)27-3/h6,9-10,21H,4-5,7H2,1-3H3,(H,22,24)/t9-,10-/m1/s1. The Balaban J connectivity index is 1.67. The minimum absolute atomic E-state index is 0.202. The Kier molecular flexibility index (Phi) is 6.49. The molecule has 28 heavy (non-hydrogen) atoms. The fraction of sp³-hybridized carbons (Fsp3) is 0.471. The summed E-state index contributed by atoms with van der Waals surface area (Å²) in [6.07, 6.45) is 1.89. The van der Waals surface area contributed by atoms with Crippen molar-refractivity contribution in [3.05, 3.63) is 32.5 Å². The van der Waals surface area contributed by atoms with Crippen molar-refractivity contribution in [2.24, 2.45) is 0 Å². The van der Waals surface area contributed by atoms with E-state index in [2.05, 4.69) is 15.3 Å². The van der Waals surface area contributed by atoms with Crippen LogP contribution in [0.25, 0.3) is 0 Å². The van der Waals surface area contributed by atoms with Gasteiger partial charge in [0.2, 0.25) is 0 Å². The molecular formula is C17H20Cl2N4O4S. The van der Waals surface area contributed by atoms with Crippen molar-refractivity contribution in [1.82, 2.24) is 15.3 Å². The molecule has 2 atom stereocenters. The van der Waals surface area contributed by atoms with Crippen LogP contribution in [0.2, 0.25) is 10.0 Å². The molecular weight excluding hydrogens is 427 g/mol. The first-order valence-electron chi connectivity index (χ1n) is 8.52. The number of methoxy groups -OCH3 is 2. The highest BCUT2D eigenvalue weighted by Crippen LogP contribution is 2.30. The van der Waals surface area contributed by atoms with Crippen molar-refractivity contribution in [2.45, 2.75) is 25.5 Å². The van der Waals surface area contributed by atoms with Crippen LogP contribution in [0.3, 0.4) is 0 Å². The van der Waals surface area contributed by atoms with Gasteiger partial charge in [-0.1, -0.05) is 34.5 Å². The van der Waals surface area contributed by atoms with E-state index in [1.54, 1.807) is 14.0 Å². The summed E-state index contributed by atoms with van der Waals surface area (Å²) >= 11 is 13.4. The number of esters is 1. The first kappa shape index (κ1) is 20.9. The number of amides is 1. The Bertz CT molecular complexity index is 885. The highest BCUT2D eigenvalue weighted by atomic mass is 35.5. The molecule has 3 heterocycles. The van der Waals surface area contributed by atoms with Gasteiger partial charge in [-0.25, -0.2) is 9.78 Å². The molecule has 1 amide bonds. The first-order valence-corrected chi connectivity index (χ1v) is 10.1. The van der Waals surface area contributed by atoms with Crippen LogP contribution in [0.4, 0.5) is 5.13 Å². The summed E-state index contributed by atoms with van der Waals surface area (Å²) in [7, 11) is 2.93. The molecule has 2 N–H and O–H groups in total. The summed E-state index contributed by atoms with van der Waals surface area (Å²) in [6.45, 7) is 2.92. The van der Waals surface area contributed by atoms with Crippen molar-refractivity contribution in [3.63, 3.8) is 0 Å². The van der Waals surface area contributed by atoms with Gasteiger partial charge in [0, 0.05) is 25.9 Å². The van der Waals surface area contributed by atoms with Gasteiger partial charge in [-0.15, -0.1) is 0 Å². The maximum atomic E-state index is 12.6. The SMILES string of the molecule is COC(=O)c1cnc(N2CC[C@@H](NC(=O)c3[nH]c(C)c(Cl)c3Cl)[C@H](OC)C2)s1. The average molecular weight is 447 g/mol. The molecule has 0 radical (unpaired) electrons. The molecule has 2 aromatic heterocycles. The van der Waals surface area contributed by atoms with Crippen LogP contribution in [0.15, 0.2) is 6.20 Å². The number of piperidine rings is 1. The molecule has 8 nitrogen and oxygen atoms in total. The fourth-order valence-corrected chi connectivity index (χ4v) is 4.35. The number of nitrogens with zero attached hydrogens (tertiary/aromatic N) is 2. The van der Waals surface area contributed by atoms with Crippen molar-refractivity contribution >= 4 is 51.5 Å². The lowest BCUT2D eigenvalue weighted by atomic mass is 10.0. The van der Waals surface area contributed by atoms with E-state index in [4.69, 9.17) is 32.7 Å². The zero-order valence-electron chi connectivity index (χ0n) is 15.5. The quantitative estimate of drug-likeness (QED) is 0.685. The first-order chi connectivity index (χ1) is 13.3. The van der Waals surface area contributed by atoms with Crippen molar-refractivity contribution in [1.29, 1.82) is 0 Å². The van der Waals surface area contributed by atoms with Crippen LogP contribution in [-0.4, -0.2) is 61.3 Å². The molecule has 152 valence electrons. The summed E-state index contributed by atoms with van der Waals surface area (Å²) in [5.74, 6) is -0.742. The summed E-state index contributed by atoms with van der Waals surface area (Å²) in [5.41, 5.74) is 0.879. The predicted molar refractivity (Wildman–Crippen MR) is 108 cm³/mol. The number of carbonyl (C=O) groups excluding carboxylic acids is 2. The number of anilines is 1. The monoisotopic (exact) mass is 446 g/mol. The highest BCUT2D eigenvalue weighted by molar-refractivity contribution is 7.17. The second kappa shape index (κ2) is 8.69. The molecule has 0 unspecified atom stereocenters. The molecule has 0 spiro atoms. The summed E-state index contributed by atoms with van der Waals surface area (Å²) in [6, 6.07) is -0.202. The lowest BCUT2D eigenvalue weighted by Crippen LogP contribution is -2.55. The van der Waals surface area contributed by atoms with Crippen molar-refractivity contribution in [2.75, 3.05) is 32.2 Å². The number of halogens is 2. The van der Waals surface area contributed by atoms with Crippen LogP contribution in [0.1, 0.15) is 32.3 Å². The largest absolute Gasteiger partial charge is 0.465 e. The second-order valence-corrected chi connectivity index (χ2v) is 8.11. The Hall–Kier alpha value is -1.81. The normalized spacial score (nSPS) is 19.5. The summed E-state index contributed by atoms with van der Waals surface area (Å²) < 4.78 is 10.3. The number of rotatable bonds is 5. The fourth-order valence-electron chi connectivity index (χ4n) is 3.07. The smallest absolute Gasteiger partial charge is 0.349 e. The second-order valence-electron chi connectivity index (χ2n) is 6.34. The Morgan fingerprint density at radius 2 is 2.11 bits per heavy atom. The average Bonchev–Trinajstić information content (AvgIpc) is 3.29. The molecule has 0 bridgehead atoms. The third kappa shape index (κ3) is 4.12. The molecule has 2 aromatic rings. The number of aromatic nitrogens is 2. The number of ether oxygens (including phenoxy) is 2. The van der Waals surface area contributed by atoms with Crippen molar-refractivity contribution in [3.8, 4) is 0 Å². The van der Waals surface area contributed by atoms with Crippen LogP contribution < -0.4 is 10.2 Å². The third-order valence-corrected chi connectivity index (χ3v) is 6.60. The van der Waals surface area contributed by atoms with Crippen LogP contribution in [0.5, 0.6) is 0 Å². The predicted octanol–water partition coefficient (Wildman–Crippen LogP) is 2.90. The van der Waals surface area contributed by atoms with Gasteiger partial charge in [0.15, 0.2) is 5.13 Å². The number of carbonyl (C=O) groups is 2. The summed E-state index contributed by atoms with van der Waals surface area (Å²) in [4.78, 5) is 33.9. The van der Waals surface area contributed by atoms with Gasteiger partial charge in [-0.3, -0.25) is 4.79 Å². The molecule has 1 saturated heterocycles. The molecule has 0 aliphatic carbocycles. The van der Waals surface area contributed by atoms with E-state index in [9.17, 15) is 9.59 Å². The van der Waals surface area contributed by atoms with Gasteiger partial charge >= 0.3 is 5.97 Å². The Morgan fingerprint density at radius 1 is 1.36 bits per heavy atom. The van der Waals surface area contributed by atoms with E-state index < -0.39 is 5.97 Å². The van der Waals surface area contributed by atoms with Crippen LogP contribution in [0, 0.1) is 6.92 Å². The van der Waals surface area contributed by atoms with Gasteiger partial charge in [-0.05, 0) is 13.3 Å². The Morgan fingerprint density at radius 3 is 2.71 bits per heavy atom. The van der Waals surface area contributed by atoms with E-state index in [0.29, 0.717) is 40.2 Å². The topological polar surface area (TPSA) is 96.5 Å². The number of hydrogen-bond donors (Lipinski definition) is 2. The Labute approximate surface area is 176 Å². The van der Waals surface area contributed by atoms with E-state index in [-0.39, 0.29) is 28.8 Å². The highest BCUT2D eigenvalue weighted by Gasteiger charge is 2.33. The van der Waals surface area contributed by atoms with E-state index in [1.807, 2.05) is 4.90 Å². The summed E-state index contributed by atoms with van der Waals surface area (Å²) in [5, 5.41) is 4.23. The molecule has 1 fully saturated rings. The van der Waals surface area contributed by atoms with Crippen LogP contribution in [-0.2, 0) is 9.47 Å². The van der Waals surface area contributed by atoms with Gasteiger partial charge < -0.3 is 24.7 Å². The van der Waals surface area contributed by atoms with E-state index >= 15 is 0 Å². The number of aromatic amines is 1. The minimum Gasteiger partial charge on any atom is -0.465 e. The molecule has 1 aliphatic heterocycles. The van der Waals surface area contributed by atoms with Gasteiger partial charge in [0.1, 0.15) is 10.6 Å². The number of nitrogens with one attached hydrogen (secondary N) is 2. The van der Waals surface area contributed by atoms with E-state index in [1.165, 1.54) is 24.6 Å². The molecule has 3 rings (SSSR count). The third-order valence-electron chi connectivity index (χ3n) is 4.61.